The predicted molar refractivity (Wildman–Crippen MR) is 201 cm³/mol. The predicted octanol–water partition coefficient (Wildman–Crippen LogP) is 3.06. The van der Waals surface area contributed by atoms with Crippen LogP contribution in [0.2, 0.25) is 0 Å². The van der Waals surface area contributed by atoms with E-state index in [4.69, 9.17) is 28.3 Å². The van der Waals surface area contributed by atoms with Gasteiger partial charge in [0, 0.05) is 5.56 Å². The van der Waals surface area contributed by atoms with E-state index in [1.807, 2.05) is 0 Å². The van der Waals surface area contributed by atoms with Crippen molar-refractivity contribution < 1.29 is 55.8 Å². The first kappa shape index (κ1) is 42.7. The number of aliphatic hydroxyl groups is 1. The number of H-pyrrole nitrogens is 1. The lowest BCUT2D eigenvalue weighted by molar-refractivity contribution is -0.0388. The van der Waals surface area contributed by atoms with Crippen molar-refractivity contribution in [2.75, 3.05) is 31.7 Å². The minimum Gasteiger partial charge on any atom is -0.394 e. The molecule has 4 N–H and O–H groups in total. The van der Waals surface area contributed by atoms with Crippen LogP contribution in [0.1, 0.15) is 42.6 Å². The molecule has 0 saturated carbocycles. The molecule has 2 fully saturated rings. The summed E-state index contributed by atoms with van der Waals surface area (Å²) in [6, 6.07) is 11.7. The normalized spacial score (nSPS) is 27.3. The van der Waals surface area contributed by atoms with E-state index >= 15 is 8.78 Å². The number of benzene rings is 1. The Labute approximate surface area is 337 Å². The van der Waals surface area contributed by atoms with Gasteiger partial charge in [-0.15, -0.1) is 0 Å². The molecule has 26 heteroatoms. The second kappa shape index (κ2) is 17.3. The van der Waals surface area contributed by atoms with Crippen molar-refractivity contribution in [1.82, 2.24) is 39.0 Å². The summed E-state index contributed by atoms with van der Waals surface area (Å²) in [7, 11) is -10.2. The lowest BCUT2D eigenvalue weighted by atomic mass is 10.0. The molecule has 1 aromatic carbocycles. The van der Waals surface area contributed by atoms with E-state index in [9.17, 15) is 34.0 Å². The number of alkyl halides is 2. The highest BCUT2D eigenvalue weighted by Gasteiger charge is 2.66. The van der Waals surface area contributed by atoms with E-state index in [1.165, 1.54) is 0 Å². The number of carbonyl (C=O) groups is 1. The Hall–Kier alpha value is -5.39. The third-order valence-corrected chi connectivity index (χ3v) is 14.8. The van der Waals surface area contributed by atoms with Crippen molar-refractivity contribution in [3.05, 3.63) is 71.6 Å². The molecule has 0 bridgehead atoms. The Morgan fingerprint density at radius 1 is 0.967 bits per heavy atom. The maximum absolute atomic E-state index is 17.1. The molecule has 6 heterocycles. The Morgan fingerprint density at radius 3 is 2.33 bits per heavy atom. The average molecular weight is 874 g/mol. The fourth-order valence-corrected chi connectivity index (χ4v) is 10.7. The average Bonchev–Trinajstić information content (AvgIpc) is 4.01. The van der Waals surface area contributed by atoms with Crippen LogP contribution in [-0.2, 0) is 32.2 Å². The number of halogens is 2. The van der Waals surface area contributed by atoms with Crippen LogP contribution in [-0.4, -0.2) is 117 Å². The minimum absolute atomic E-state index is 0.0165. The zero-order valence-corrected chi connectivity index (χ0v) is 33.0. The molecule has 10 atom stereocenters. The van der Waals surface area contributed by atoms with Crippen LogP contribution in [0.3, 0.4) is 0 Å². The largest absolute Gasteiger partial charge is 0.394 e. The summed E-state index contributed by atoms with van der Waals surface area (Å²) in [6.07, 6.45) is -8.28. The van der Waals surface area contributed by atoms with Crippen molar-refractivity contribution in [2.45, 2.75) is 67.6 Å². The second-order valence-corrected chi connectivity index (χ2v) is 18.0. The minimum atomic E-state index is -5.20. The summed E-state index contributed by atoms with van der Waals surface area (Å²) in [5, 5.41) is 28.6. The third kappa shape index (κ3) is 7.62. The number of nitriles is 2. The van der Waals surface area contributed by atoms with Gasteiger partial charge in [-0.05, 0) is 19.1 Å². The quantitative estimate of drug-likeness (QED) is 0.0818. The molecule has 0 aliphatic carbocycles. The lowest BCUT2D eigenvalue weighted by Gasteiger charge is -2.35. The van der Waals surface area contributed by atoms with Gasteiger partial charge in [0.1, 0.15) is 29.4 Å². The topological polar surface area (TPSA) is 305 Å². The molecule has 7 rings (SSSR count). The first-order valence-corrected chi connectivity index (χ1v) is 21.2. The highest BCUT2D eigenvalue weighted by Crippen LogP contribution is 2.66. The fraction of sp³-hybridized carbons (Fsp3) is 0.441. The number of imidazole rings is 2. The van der Waals surface area contributed by atoms with Gasteiger partial charge >= 0.3 is 15.2 Å². The Bertz CT molecular complexity index is 2620. The summed E-state index contributed by atoms with van der Waals surface area (Å²) in [5.74, 6) is -0.606. The molecule has 2 aliphatic rings. The van der Waals surface area contributed by atoms with E-state index in [-0.39, 0.29) is 41.0 Å². The van der Waals surface area contributed by atoms with Crippen LogP contribution in [0.15, 0.2) is 60.4 Å². The van der Waals surface area contributed by atoms with Gasteiger partial charge in [0.2, 0.25) is 0 Å². The number of amides is 1. The first-order chi connectivity index (χ1) is 28.8. The highest BCUT2D eigenvalue weighted by atomic mass is 31.2. The van der Waals surface area contributed by atoms with Gasteiger partial charge in [-0.1, -0.05) is 18.2 Å². The molecule has 2 aliphatic heterocycles. The molecule has 22 nitrogen and oxygen atoms in total. The molecular formula is C34H35F2N11O11P2. The molecule has 60 heavy (non-hydrogen) atoms. The summed E-state index contributed by atoms with van der Waals surface area (Å²) in [6.45, 7) is -2.16. The van der Waals surface area contributed by atoms with Gasteiger partial charge in [0.05, 0.1) is 70.4 Å². The van der Waals surface area contributed by atoms with E-state index in [0.717, 1.165) is 41.4 Å². The Balaban J connectivity index is 1.22. The van der Waals surface area contributed by atoms with Gasteiger partial charge in [-0.2, -0.15) is 10.5 Å². The van der Waals surface area contributed by atoms with Crippen molar-refractivity contribution in [1.29, 1.82) is 10.5 Å². The van der Waals surface area contributed by atoms with Gasteiger partial charge in [0.25, 0.3) is 11.5 Å². The van der Waals surface area contributed by atoms with Crippen LogP contribution in [0, 0.1) is 22.7 Å². The number of aliphatic hydroxyl groups excluding tert-OH is 1. The molecule has 1 amide bonds. The smallest absolute Gasteiger partial charge is 0.339 e. The Morgan fingerprint density at radius 2 is 1.63 bits per heavy atom. The molecule has 2 saturated heterocycles. The van der Waals surface area contributed by atoms with Crippen LogP contribution < -0.4 is 10.9 Å². The first-order valence-electron chi connectivity index (χ1n) is 18.0. The number of anilines is 1. The number of nitrogens with one attached hydrogen (secondary N) is 2. The van der Waals surface area contributed by atoms with Crippen LogP contribution >= 0.6 is 15.2 Å². The molecule has 316 valence electrons. The third-order valence-electron chi connectivity index (χ3n) is 10.1. The molecule has 5 aromatic rings. The fourth-order valence-electron chi connectivity index (χ4n) is 6.95. The van der Waals surface area contributed by atoms with Gasteiger partial charge in [-0.25, -0.2) is 33.7 Å². The maximum atomic E-state index is 17.1. The second-order valence-electron chi connectivity index (χ2n) is 13.6. The summed E-state index contributed by atoms with van der Waals surface area (Å²) in [4.78, 5) is 59.4. The van der Waals surface area contributed by atoms with Gasteiger partial charge < -0.3 is 43.3 Å². The van der Waals surface area contributed by atoms with E-state index in [2.05, 4.69) is 35.2 Å². The van der Waals surface area contributed by atoms with Crippen molar-refractivity contribution in [3.63, 3.8) is 0 Å². The number of nitrogens with zero attached hydrogens (tertiary/aromatic N) is 9. The standard InChI is InChI=1S/C34H35F2N11O11P2/c1-34(60(52,53)55-12-6-10-38)21(58-33(26(34)36)47-17-43-23-27(39-15-40-28(23)47)45-30(49)19-7-3-2-4-8-19)14-56-59(51,54-11-5-9-37)25-20(13-48)57-32(22(25)35)46-18-44-24-29(46)41-16-42-31(24)50/h2-4,7-8,15-18,20-22,25-26,32-33,48H,5-6,11-14H2,1H3,(H,52,53)(H,41,42,50)(H,39,40,45,49)/t20?,21?,22-,25-,26+,32?,33?,34+,59?/m1/s1. The highest BCUT2D eigenvalue weighted by molar-refractivity contribution is 7.55. The number of hydrogen-bond acceptors (Lipinski definition) is 17. The molecule has 4 aromatic heterocycles. The molecule has 0 radical (unpaired) electrons. The molecule has 6 unspecified atom stereocenters. The maximum Gasteiger partial charge on any atom is 0.339 e. The van der Waals surface area contributed by atoms with Gasteiger partial charge in [0.15, 0.2) is 52.9 Å². The van der Waals surface area contributed by atoms with Gasteiger partial charge in [-0.3, -0.25) is 27.9 Å². The molecular weight excluding hydrogens is 838 g/mol. The summed E-state index contributed by atoms with van der Waals surface area (Å²) >= 11 is 0. The lowest BCUT2D eigenvalue weighted by Crippen LogP contribution is -2.45. The zero-order valence-electron chi connectivity index (χ0n) is 31.2. The van der Waals surface area contributed by atoms with Crippen LogP contribution in [0.25, 0.3) is 22.3 Å². The van der Waals surface area contributed by atoms with E-state index in [1.54, 1.807) is 42.5 Å². The zero-order chi connectivity index (χ0) is 42.8. The number of aromatic nitrogens is 8. The van der Waals surface area contributed by atoms with Crippen molar-refractivity contribution in [3.8, 4) is 12.1 Å². The van der Waals surface area contributed by atoms with E-state index in [0.29, 0.717) is 5.56 Å². The summed E-state index contributed by atoms with van der Waals surface area (Å²) < 4.78 is 93.2. The number of fused-ring (bicyclic) bond motifs is 2. The molecule has 0 spiro atoms. The number of rotatable bonds is 16. The van der Waals surface area contributed by atoms with Crippen molar-refractivity contribution >= 4 is 49.2 Å². The SMILES string of the molecule is C[C@]1(P(=O)(O)OCCC#N)C(COP(=O)(OCCC#N)[C@@H]2C(CO)OC(n3cnc4c(=O)[nH]cnc43)[C@@H]2F)OC(n2cnc3c(NC(=O)c4ccccc4)ncnc32)[C@@H]1F. The number of hydrogen-bond donors (Lipinski definition) is 4. The van der Waals surface area contributed by atoms with E-state index < -0.39 is 101 Å². The summed E-state index contributed by atoms with van der Waals surface area (Å²) in [5.41, 5.74) is -2.69. The Kier molecular flexibility index (Phi) is 12.3. The monoisotopic (exact) mass is 873 g/mol. The van der Waals surface area contributed by atoms with Crippen molar-refractivity contribution in [2.24, 2.45) is 0 Å². The van der Waals surface area contributed by atoms with Crippen LogP contribution in [0.5, 0.6) is 0 Å². The number of ether oxygens (including phenoxy) is 2. The number of aromatic amines is 1. The van der Waals surface area contributed by atoms with Crippen LogP contribution in [0.4, 0.5) is 14.6 Å². The number of carbonyl (C=O) groups excluding carboxylic acids is 1.